The molecule has 0 aromatic carbocycles. The monoisotopic (exact) mass is 1820 g/mol. The van der Waals surface area contributed by atoms with Gasteiger partial charge in [-0.1, -0.05) is 41.9 Å². The Labute approximate surface area is 781 Å². The standard InChI is InChI=1S/4C20H22N4O2.C14H20N2O2.C6H3ClN2.ClH/c4*21-12-14-3-4-19(23-13-14)24-16-10-17(11-16)26-20-18(2-1-7-22-20)15-5-8-25-9-6-15;15-11-8-12(9-11)18-14-13(2-1-5-16-14)10-3-6-17-7-4-10;7-6-2-1-5(3-8)4-9-6;/h4*1-4,7,13,15-17H,5-6,8-11H2,(H,23,24);1-2,5,10-12H,3-4,6-9,15H2;1-2,4H;1H. The Bertz CT molecular complexity index is 4900. The van der Waals surface area contributed by atoms with Gasteiger partial charge in [-0.05, 0) is 198 Å². The van der Waals surface area contributed by atoms with Gasteiger partial charge in [0.25, 0.3) is 0 Å². The van der Waals surface area contributed by atoms with E-state index in [9.17, 15) is 0 Å². The zero-order valence-corrected chi connectivity index (χ0v) is 75.4. The Hall–Kier alpha value is -12.5. The van der Waals surface area contributed by atoms with Crippen molar-refractivity contribution >= 4 is 47.3 Å². The molecule has 10 aromatic rings. The summed E-state index contributed by atoms with van der Waals surface area (Å²) in [4.78, 5) is 43.0. The van der Waals surface area contributed by atoms with E-state index in [1.54, 1.807) is 92.2 Å². The molecule has 0 radical (unpaired) electrons. The number of anilines is 4. The van der Waals surface area contributed by atoms with Gasteiger partial charge in [-0.2, -0.15) is 26.3 Å². The Kier molecular flexibility index (Phi) is 36.0. The predicted octanol–water partition coefficient (Wildman–Crippen LogP) is 16.9. The van der Waals surface area contributed by atoms with E-state index in [1.165, 1.54) is 34.0 Å². The Morgan fingerprint density at radius 1 is 0.280 bits per heavy atom. The van der Waals surface area contributed by atoms with E-state index >= 15 is 0 Å². The molecule has 5 saturated heterocycles. The summed E-state index contributed by atoms with van der Waals surface area (Å²) in [6.07, 6.45) is 37.4. The molecule has 32 heteroatoms. The quantitative estimate of drug-likeness (QED) is 0.0371. The zero-order valence-electron chi connectivity index (χ0n) is 73.8. The molecule has 5 aliphatic heterocycles. The lowest BCUT2D eigenvalue weighted by Gasteiger charge is -2.36. The molecule has 10 aliphatic rings. The second-order valence-corrected chi connectivity index (χ2v) is 34.6. The lowest BCUT2D eigenvalue weighted by Crippen LogP contribution is -2.43. The Morgan fingerprint density at radius 2 is 0.485 bits per heavy atom. The number of nitrogens with one attached hydrogen (secondary N) is 4. The van der Waals surface area contributed by atoms with Crippen molar-refractivity contribution in [1.82, 2.24) is 49.8 Å². The highest BCUT2D eigenvalue weighted by atomic mass is 35.5. The molecule has 15 heterocycles. The van der Waals surface area contributed by atoms with E-state index in [4.69, 9.17) is 91.0 Å². The van der Waals surface area contributed by atoms with E-state index < -0.39 is 0 Å². The lowest BCUT2D eigenvalue weighted by atomic mass is 9.88. The molecule has 0 unspecified atom stereocenters. The Morgan fingerprint density at radius 3 is 0.667 bits per heavy atom. The minimum absolute atomic E-state index is 0. The molecule has 6 N–H and O–H groups in total. The van der Waals surface area contributed by atoms with Crippen LogP contribution in [0.1, 0.15) is 214 Å². The normalized spacial score (nSPS) is 22.5. The fourth-order valence-electron chi connectivity index (χ4n) is 17.2. The van der Waals surface area contributed by atoms with Crippen LogP contribution in [0.2, 0.25) is 5.15 Å². The van der Waals surface area contributed by atoms with Gasteiger partial charge in [-0.3, -0.25) is 0 Å². The van der Waals surface area contributed by atoms with Gasteiger partial charge in [0.15, 0.2) is 0 Å². The number of nitriles is 5. The van der Waals surface area contributed by atoms with E-state index in [0.29, 0.717) is 92.8 Å². The van der Waals surface area contributed by atoms with Crippen molar-refractivity contribution in [1.29, 1.82) is 26.3 Å². The number of halogens is 2. The highest BCUT2D eigenvalue weighted by Gasteiger charge is 2.38. The molecular formula is C100H112Cl2N20O10. The predicted molar refractivity (Wildman–Crippen MR) is 498 cm³/mol. The topological polar surface area (TPSA) is 414 Å². The number of pyridine rings is 10. The van der Waals surface area contributed by atoms with Gasteiger partial charge >= 0.3 is 0 Å². The minimum Gasteiger partial charge on any atom is -0.474 e. The van der Waals surface area contributed by atoms with Crippen LogP contribution in [0, 0.1) is 56.7 Å². The van der Waals surface area contributed by atoms with Crippen molar-refractivity contribution in [3.8, 4) is 59.7 Å². The van der Waals surface area contributed by atoms with Crippen LogP contribution < -0.4 is 50.7 Å². The maximum absolute atomic E-state index is 8.82. The first-order valence-corrected chi connectivity index (χ1v) is 46.0. The summed E-state index contributed by atoms with van der Waals surface area (Å²) < 4.78 is 58.0. The molecule has 0 amide bonds. The summed E-state index contributed by atoms with van der Waals surface area (Å²) in [5.74, 6) is 9.54. The van der Waals surface area contributed by atoms with Crippen molar-refractivity contribution in [2.75, 3.05) is 87.3 Å². The summed E-state index contributed by atoms with van der Waals surface area (Å²) in [6, 6.07) is 50.2. The molecular weight excluding hydrogens is 1710 g/mol. The number of aromatic nitrogens is 10. The third kappa shape index (κ3) is 28.0. The maximum Gasteiger partial charge on any atom is 0.217 e. The van der Waals surface area contributed by atoms with Crippen LogP contribution in [0.25, 0.3) is 0 Å². The van der Waals surface area contributed by atoms with Crippen molar-refractivity contribution in [3.05, 3.63) is 244 Å². The van der Waals surface area contributed by atoms with Crippen molar-refractivity contribution in [3.63, 3.8) is 0 Å². The third-order valence-corrected chi connectivity index (χ3v) is 25.3. The summed E-state index contributed by atoms with van der Waals surface area (Å²) in [6.45, 7) is 8.17. The SMILES string of the molecule is Cl.N#Cc1ccc(Cl)nc1.N#Cc1ccc(NC2CC(Oc3ncccc3C3CCOCC3)C2)nc1.N#Cc1ccc(NC2CC(Oc3ncccc3C3CCOCC3)C2)nc1.N#Cc1ccc(NC2CC(Oc3ncccc3C3CCOCC3)C2)nc1.N#Cc1ccc(NC2CC(Oc3ncccc3C3CCOCC3)C2)nc1.NC1CC(Oc2ncccc2C2CCOCC2)C1. The number of ether oxygens (including phenoxy) is 10. The number of nitrogens with two attached hydrogens (primary N) is 1. The van der Waals surface area contributed by atoms with Crippen molar-refractivity contribution < 1.29 is 47.4 Å². The van der Waals surface area contributed by atoms with Crippen LogP contribution in [0.15, 0.2) is 183 Å². The second-order valence-electron chi connectivity index (χ2n) is 34.3. The van der Waals surface area contributed by atoms with Gasteiger partial charge in [0.1, 0.15) is 89.3 Å². The number of hydrogen-bond acceptors (Lipinski definition) is 30. The molecule has 10 fully saturated rings. The van der Waals surface area contributed by atoms with Gasteiger partial charge < -0.3 is 74.4 Å². The lowest BCUT2D eigenvalue weighted by molar-refractivity contribution is 0.0777. The fourth-order valence-corrected chi connectivity index (χ4v) is 17.3. The van der Waals surface area contributed by atoms with Crippen LogP contribution >= 0.6 is 24.0 Å². The number of nitrogens with zero attached hydrogens (tertiary/aromatic N) is 15. The molecule has 20 rings (SSSR count). The molecule has 5 saturated carbocycles. The summed E-state index contributed by atoms with van der Waals surface area (Å²) in [5.41, 5.74) is 14.7. The average Bonchev–Trinajstić information content (AvgIpc) is 0.837. The van der Waals surface area contributed by atoms with Gasteiger partial charge in [0, 0.05) is 237 Å². The Balaban J connectivity index is 0.000000130. The van der Waals surface area contributed by atoms with E-state index in [-0.39, 0.29) is 42.9 Å². The highest BCUT2D eigenvalue weighted by molar-refractivity contribution is 6.29. The molecule has 132 heavy (non-hydrogen) atoms. The van der Waals surface area contributed by atoms with Gasteiger partial charge in [-0.15, -0.1) is 12.4 Å². The molecule has 0 bridgehead atoms. The first kappa shape index (κ1) is 95.6. The van der Waals surface area contributed by atoms with E-state index in [2.05, 4.69) is 126 Å². The summed E-state index contributed by atoms with van der Waals surface area (Å²) in [7, 11) is 0. The van der Waals surface area contributed by atoms with Crippen LogP contribution in [0.4, 0.5) is 23.3 Å². The van der Waals surface area contributed by atoms with Gasteiger partial charge in [0.2, 0.25) is 29.4 Å². The van der Waals surface area contributed by atoms with Crippen molar-refractivity contribution in [2.45, 2.75) is 219 Å². The zero-order chi connectivity index (χ0) is 90.1. The maximum atomic E-state index is 8.82. The molecule has 5 aliphatic carbocycles. The fraction of sp³-hybridized carbons (Fsp3) is 0.450. The molecule has 0 atom stereocenters. The van der Waals surface area contributed by atoms with E-state index in [0.717, 1.165) is 247 Å². The molecule has 10 aromatic heterocycles. The second kappa shape index (κ2) is 49.7. The first-order valence-electron chi connectivity index (χ1n) is 45.7. The highest BCUT2D eigenvalue weighted by Crippen LogP contribution is 2.42. The number of hydrogen-bond donors (Lipinski definition) is 5. The molecule has 30 nitrogen and oxygen atoms in total. The average molecular weight is 1830 g/mol. The molecule has 686 valence electrons. The van der Waals surface area contributed by atoms with Crippen LogP contribution in [0.3, 0.4) is 0 Å². The summed E-state index contributed by atoms with van der Waals surface area (Å²) in [5, 5.41) is 57.5. The van der Waals surface area contributed by atoms with Gasteiger partial charge in [-0.25, -0.2) is 49.8 Å². The third-order valence-electron chi connectivity index (χ3n) is 25.0. The minimum atomic E-state index is 0. The van der Waals surface area contributed by atoms with Crippen LogP contribution in [-0.4, -0.2) is 177 Å². The number of rotatable bonds is 23. The van der Waals surface area contributed by atoms with Crippen molar-refractivity contribution in [2.24, 2.45) is 5.73 Å². The molecule has 0 spiro atoms. The van der Waals surface area contributed by atoms with Crippen LogP contribution in [-0.2, 0) is 23.7 Å². The largest absolute Gasteiger partial charge is 0.474 e. The summed E-state index contributed by atoms with van der Waals surface area (Å²) >= 11 is 5.45. The first-order chi connectivity index (χ1) is 64.4. The smallest absolute Gasteiger partial charge is 0.217 e. The van der Waals surface area contributed by atoms with Gasteiger partial charge in [0.05, 0.1) is 27.8 Å². The van der Waals surface area contributed by atoms with Crippen LogP contribution in [0.5, 0.6) is 29.4 Å². The van der Waals surface area contributed by atoms with E-state index in [1.807, 2.05) is 60.7 Å².